The molecule has 3 atom stereocenters. The molecule has 0 aliphatic carbocycles. The fourth-order valence-electron chi connectivity index (χ4n) is 3.42. The van der Waals surface area contributed by atoms with E-state index in [-0.39, 0.29) is 22.8 Å². The molecule has 1 aromatic carbocycles. The molecule has 2 aliphatic heterocycles. The third kappa shape index (κ3) is 2.03. The average molecular weight is 285 g/mol. The molecule has 2 bridgehead atoms. The van der Waals surface area contributed by atoms with E-state index in [1.807, 2.05) is 12.1 Å². The smallest absolute Gasteiger partial charge is 0.295 e. The summed E-state index contributed by atoms with van der Waals surface area (Å²) in [7, 11) is 0. The lowest BCUT2D eigenvalue weighted by Crippen LogP contribution is -2.30. The third-order valence-corrected chi connectivity index (χ3v) is 4.39. The monoisotopic (exact) mass is 285 g/mol. The number of aromatic nitrogens is 1. The van der Waals surface area contributed by atoms with Crippen LogP contribution in [-0.2, 0) is 4.74 Å². The lowest BCUT2D eigenvalue weighted by molar-refractivity contribution is -0.383. The Morgan fingerprint density at radius 2 is 2.24 bits per heavy atom. The van der Waals surface area contributed by atoms with Gasteiger partial charge >= 0.3 is 0 Å². The van der Waals surface area contributed by atoms with Crippen molar-refractivity contribution in [1.29, 1.82) is 0 Å². The van der Waals surface area contributed by atoms with Gasteiger partial charge in [0.15, 0.2) is 0 Å². The van der Waals surface area contributed by atoms with Crippen molar-refractivity contribution in [2.45, 2.75) is 37.5 Å². The molecule has 0 amide bonds. The summed E-state index contributed by atoms with van der Waals surface area (Å²) in [6.45, 7) is 0. The van der Waals surface area contributed by atoms with Crippen LogP contribution in [0.4, 0.5) is 11.4 Å². The van der Waals surface area contributed by atoms with Crippen LogP contribution in [0.15, 0.2) is 30.5 Å². The van der Waals surface area contributed by atoms with Crippen molar-refractivity contribution in [2.75, 3.05) is 5.32 Å². The highest BCUT2D eigenvalue weighted by Gasteiger charge is 2.40. The minimum atomic E-state index is -0.389. The molecule has 4 rings (SSSR count). The Morgan fingerprint density at radius 1 is 1.33 bits per heavy atom. The van der Waals surface area contributed by atoms with Gasteiger partial charge in [-0.2, -0.15) is 0 Å². The molecule has 0 radical (unpaired) electrons. The second-order valence-electron chi connectivity index (χ2n) is 5.65. The second-order valence-corrected chi connectivity index (χ2v) is 5.65. The number of hydrogen-bond donors (Lipinski definition) is 1. The Hall–Kier alpha value is -2.21. The Balaban J connectivity index is 1.72. The van der Waals surface area contributed by atoms with E-state index in [4.69, 9.17) is 4.74 Å². The molecule has 2 aromatic rings. The normalized spacial score (nSPS) is 27.1. The summed E-state index contributed by atoms with van der Waals surface area (Å²) in [6, 6.07) is 7.21. The number of nitrogens with zero attached hydrogens (tertiary/aromatic N) is 2. The molecule has 3 heterocycles. The zero-order valence-corrected chi connectivity index (χ0v) is 11.4. The first-order valence-corrected chi connectivity index (χ1v) is 7.16. The highest BCUT2D eigenvalue weighted by atomic mass is 16.6. The second kappa shape index (κ2) is 4.66. The number of hydrogen-bond acceptors (Lipinski definition) is 5. The van der Waals surface area contributed by atoms with Gasteiger partial charge in [0.1, 0.15) is 5.52 Å². The number of fused-ring (bicyclic) bond motifs is 3. The van der Waals surface area contributed by atoms with Crippen molar-refractivity contribution in [2.24, 2.45) is 0 Å². The summed E-state index contributed by atoms with van der Waals surface area (Å²) < 4.78 is 5.84. The van der Waals surface area contributed by atoms with E-state index < -0.39 is 0 Å². The van der Waals surface area contributed by atoms with Crippen LogP contribution in [0.3, 0.4) is 0 Å². The van der Waals surface area contributed by atoms with E-state index in [0.717, 1.165) is 30.3 Å². The quantitative estimate of drug-likeness (QED) is 0.693. The molecular formula is C15H15N3O3. The maximum Gasteiger partial charge on any atom is 0.295 e. The van der Waals surface area contributed by atoms with Gasteiger partial charge in [-0.25, -0.2) is 4.98 Å². The van der Waals surface area contributed by atoms with Crippen LogP contribution >= 0.6 is 0 Å². The molecule has 2 saturated heterocycles. The minimum Gasteiger partial charge on any atom is -0.379 e. The number of benzene rings is 1. The van der Waals surface area contributed by atoms with Gasteiger partial charge in [0, 0.05) is 23.3 Å². The van der Waals surface area contributed by atoms with Crippen LogP contribution in [0.1, 0.15) is 19.3 Å². The van der Waals surface area contributed by atoms with Gasteiger partial charge in [-0.1, -0.05) is 12.1 Å². The number of nitro groups is 1. The highest BCUT2D eigenvalue weighted by Crippen LogP contribution is 2.37. The van der Waals surface area contributed by atoms with Crippen LogP contribution in [0.2, 0.25) is 0 Å². The molecule has 21 heavy (non-hydrogen) atoms. The molecule has 2 aliphatic rings. The maximum atomic E-state index is 11.1. The van der Waals surface area contributed by atoms with E-state index in [1.54, 1.807) is 12.3 Å². The van der Waals surface area contributed by atoms with Crippen molar-refractivity contribution in [3.8, 4) is 0 Å². The van der Waals surface area contributed by atoms with Crippen molar-refractivity contribution < 1.29 is 9.66 Å². The van der Waals surface area contributed by atoms with Gasteiger partial charge in [0.05, 0.1) is 23.2 Å². The number of ether oxygens (including phenoxy) is 1. The van der Waals surface area contributed by atoms with E-state index in [1.165, 1.54) is 6.07 Å². The van der Waals surface area contributed by atoms with Crippen LogP contribution < -0.4 is 5.32 Å². The molecule has 6 heteroatoms. The van der Waals surface area contributed by atoms with Crippen LogP contribution in [0.5, 0.6) is 0 Å². The number of anilines is 1. The maximum absolute atomic E-state index is 11.1. The van der Waals surface area contributed by atoms with Gasteiger partial charge in [-0.05, 0) is 25.3 Å². The first kappa shape index (κ1) is 12.5. The SMILES string of the molecule is O=[N+]([O-])c1cccc2c(NC3CC4CCC3O4)ccnc12. The molecule has 1 aromatic heterocycles. The highest BCUT2D eigenvalue weighted by molar-refractivity contribution is 5.96. The predicted octanol–water partition coefficient (Wildman–Crippen LogP) is 2.87. The number of nitrogens with one attached hydrogen (secondary N) is 1. The Morgan fingerprint density at radius 3 is 2.95 bits per heavy atom. The number of para-hydroxylation sites is 1. The molecule has 6 nitrogen and oxygen atoms in total. The first-order valence-electron chi connectivity index (χ1n) is 7.16. The van der Waals surface area contributed by atoms with E-state index in [9.17, 15) is 10.1 Å². The molecule has 0 spiro atoms. The molecule has 2 fully saturated rings. The summed E-state index contributed by atoms with van der Waals surface area (Å²) in [6.07, 6.45) is 5.48. The fraction of sp³-hybridized carbons (Fsp3) is 0.400. The zero-order chi connectivity index (χ0) is 14.4. The lowest BCUT2D eigenvalue weighted by Gasteiger charge is -2.22. The van der Waals surface area contributed by atoms with Crippen molar-refractivity contribution in [3.05, 3.63) is 40.6 Å². The van der Waals surface area contributed by atoms with Crippen molar-refractivity contribution >= 4 is 22.3 Å². The fourth-order valence-corrected chi connectivity index (χ4v) is 3.42. The average Bonchev–Trinajstić information content (AvgIpc) is 3.09. The number of rotatable bonds is 3. The Kier molecular flexibility index (Phi) is 2.78. The number of nitro benzene ring substituents is 1. The summed E-state index contributed by atoms with van der Waals surface area (Å²) >= 11 is 0. The topological polar surface area (TPSA) is 77.3 Å². The molecule has 0 saturated carbocycles. The van der Waals surface area contributed by atoms with Crippen LogP contribution in [0, 0.1) is 10.1 Å². The summed E-state index contributed by atoms with van der Waals surface area (Å²) in [5, 5.41) is 15.4. The van der Waals surface area contributed by atoms with Crippen LogP contribution in [0.25, 0.3) is 10.9 Å². The summed E-state index contributed by atoms with van der Waals surface area (Å²) in [4.78, 5) is 14.9. The molecule has 1 N–H and O–H groups in total. The minimum absolute atomic E-state index is 0.0420. The van der Waals surface area contributed by atoms with Crippen LogP contribution in [-0.4, -0.2) is 28.2 Å². The molecular weight excluding hydrogens is 270 g/mol. The van der Waals surface area contributed by atoms with E-state index in [0.29, 0.717) is 11.6 Å². The number of non-ortho nitro benzene ring substituents is 1. The first-order chi connectivity index (χ1) is 10.2. The number of pyridine rings is 1. The summed E-state index contributed by atoms with van der Waals surface area (Å²) in [5.74, 6) is 0. The predicted molar refractivity (Wildman–Crippen MR) is 78.3 cm³/mol. The van der Waals surface area contributed by atoms with Gasteiger partial charge in [-0.15, -0.1) is 0 Å². The van der Waals surface area contributed by atoms with Gasteiger partial charge in [-0.3, -0.25) is 10.1 Å². The van der Waals surface area contributed by atoms with Gasteiger partial charge in [0.25, 0.3) is 5.69 Å². The van der Waals surface area contributed by atoms with Gasteiger partial charge < -0.3 is 10.1 Å². The third-order valence-electron chi connectivity index (χ3n) is 4.39. The molecule has 108 valence electrons. The van der Waals surface area contributed by atoms with Gasteiger partial charge in [0.2, 0.25) is 0 Å². The largest absolute Gasteiger partial charge is 0.379 e. The summed E-state index contributed by atoms with van der Waals surface area (Å²) in [5.41, 5.74) is 1.36. The Labute approximate surface area is 121 Å². The van der Waals surface area contributed by atoms with Crippen molar-refractivity contribution in [3.63, 3.8) is 0 Å². The zero-order valence-electron chi connectivity index (χ0n) is 11.4. The van der Waals surface area contributed by atoms with E-state index in [2.05, 4.69) is 10.3 Å². The standard InChI is InChI=1S/C15H15N3O3/c19-18(20)13-3-1-2-10-11(6-7-16-15(10)13)17-12-8-9-4-5-14(12)21-9/h1-3,6-7,9,12,14H,4-5,8H2,(H,16,17). The Bertz CT molecular complexity index is 718. The lowest BCUT2D eigenvalue weighted by atomic mass is 9.95. The van der Waals surface area contributed by atoms with E-state index >= 15 is 0 Å². The molecule has 3 unspecified atom stereocenters. The van der Waals surface area contributed by atoms with Crippen molar-refractivity contribution in [1.82, 2.24) is 4.98 Å².